The lowest BCUT2D eigenvalue weighted by Gasteiger charge is -2.08. The van der Waals surface area contributed by atoms with Crippen molar-refractivity contribution in [3.8, 4) is 0 Å². The summed E-state index contributed by atoms with van der Waals surface area (Å²) in [5, 5.41) is 3.76. The molecule has 8 heteroatoms. The lowest BCUT2D eigenvalue weighted by Crippen LogP contribution is -2.30. The second kappa shape index (κ2) is 8.55. The number of carbonyl (C=O) groups is 1. The molecule has 2 N–H and O–H groups in total. The van der Waals surface area contributed by atoms with Gasteiger partial charge in [-0.2, -0.15) is 0 Å². The zero-order valence-corrected chi connectivity index (χ0v) is 16.3. The Morgan fingerprint density at radius 3 is 2.40 bits per heavy atom. The highest BCUT2D eigenvalue weighted by molar-refractivity contribution is 7.89. The molecule has 6 nitrogen and oxygen atoms in total. The minimum atomic E-state index is -3.50. The summed E-state index contributed by atoms with van der Waals surface area (Å²) in [5.74, 6) is -0.0758. The van der Waals surface area contributed by atoms with E-state index in [1.807, 2.05) is 20.8 Å². The summed E-state index contributed by atoms with van der Waals surface area (Å²) in [5.41, 5.74) is 1.90. The summed E-state index contributed by atoms with van der Waals surface area (Å²) >= 11 is 1.52. The molecule has 0 fully saturated rings. The van der Waals surface area contributed by atoms with Gasteiger partial charge in [0.2, 0.25) is 15.9 Å². The first kappa shape index (κ1) is 19.6. The number of hydrogen-bond acceptors (Lipinski definition) is 5. The Morgan fingerprint density at radius 1 is 1.12 bits per heavy atom. The van der Waals surface area contributed by atoms with Crippen LogP contribution in [0, 0.1) is 20.8 Å². The average molecular weight is 382 g/mol. The van der Waals surface area contributed by atoms with E-state index in [2.05, 4.69) is 15.0 Å². The molecule has 1 aromatic heterocycles. The number of nitrogens with one attached hydrogen (secondary N) is 2. The first-order valence-electron chi connectivity index (χ1n) is 8.04. The predicted molar refractivity (Wildman–Crippen MR) is 99.3 cm³/mol. The second-order valence-corrected chi connectivity index (χ2v) is 8.89. The van der Waals surface area contributed by atoms with E-state index in [1.54, 1.807) is 24.3 Å². The van der Waals surface area contributed by atoms with Gasteiger partial charge in [0, 0.05) is 18.0 Å². The van der Waals surface area contributed by atoms with Crippen molar-refractivity contribution >= 4 is 27.3 Å². The first-order chi connectivity index (χ1) is 11.8. The minimum Gasteiger partial charge on any atom is -0.356 e. The molecule has 0 radical (unpaired) electrons. The molecule has 2 rings (SSSR count). The average Bonchev–Trinajstić information content (AvgIpc) is 2.84. The van der Waals surface area contributed by atoms with Gasteiger partial charge in [0.15, 0.2) is 0 Å². The van der Waals surface area contributed by atoms with Crippen LogP contribution in [0.4, 0.5) is 0 Å². The molecule has 2 aromatic rings. The molecular weight excluding hydrogens is 358 g/mol. The zero-order valence-electron chi connectivity index (χ0n) is 14.6. The number of aryl methyl sites for hydroxylation is 3. The normalized spacial score (nSPS) is 11.5. The Hall–Kier alpha value is -1.77. The van der Waals surface area contributed by atoms with Crippen molar-refractivity contribution in [2.75, 3.05) is 13.1 Å². The molecule has 1 amide bonds. The van der Waals surface area contributed by atoms with Crippen LogP contribution >= 0.6 is 11.3 Å². The summed E-state index contributed by atoms with van der Waals surface area (Å²) in [6.45, 7) is 6.41. The van der Waals surface area contributed by atoms with Crippen molar-refractivity contribution in [3.63, 3.8) is 0 Å². The maximum Gasteiger partial charge on any atom is 0.240 e. The fraction of sp³-hybridized carbons (Fsp3) is 0.412. The largest absolute Gasteiger partial charge is 0.356 e. The molecule has 0 aliphatic rings. The van der Waals surface area contributed by atoms with E-state index >= 15 is 0 Å². The van der Waals surface area contributed by atoms with E-state index in [0.717, 1.165) is 21.1 Å². The van der Waals surface area contributed by atoms with Crippen molar-refractivity contribution < 1.29 is 13.2 Å². The van der Waals surface area contributed by atoms with Crippen LogP contribution in [0.15, 0.2) is 29.2 Å². The van der Waals surface area contributed by atoms with E-state index in [0.29, 0.717) is 19.4 Å². The van der Waals surface area contributed by atoms with E-state index < -0.39 is 10.0 Å². The third kappa shape index (κ3) is 5.91. The van der Waals surface area contributed by atoms with E-state index in [9.17, 15) is 13.2 Å². The van der Waals surface area contributed by atoms with Crippen LogP contribution < -0.4 is 10.0 Å². The smallest absolute Gasteiger partial charge is 0.240 e. The third-order valence-electron chi connectivity index (χ3n) is 3.62. The molecule has 0 saturated carbocycles. The summed E-state index contributed by atoms with van der Waals surface area (Å²) in [6.07, 6.45) is 0.837. The molecule has 1 heterocycles. The zero-order chi connectivity index (χ0) is 18.4. The summed E-state index contributed by atoms with van der Waals surface area (Å²) in [4.78, 5) is 17.4. The molecule has 0 aliphatic carbocycles. The standard InChI is InChI=1S/C17H23N3O3S2/c1-12-5-7-15(8-6-12)25(22,23)19-10-4-9-18-17(21)11-16-13(2)20-14(3)24-16/h5-8,19H,4,9-11H2,1-3H3,(H,18,21). The number of sulfonamides is 1. The summed E-state index contributed by atoms with van der Waals surface area (Å²) in [6, 6.07) is 6.69. The van der Waals surface area contributed by atoms with Gasteiger partial charge in [0.1, 0.15) is 0 Å². The molecule has 1 aromatic carbocycles. The maximum absolute atomic E-state index is 12.1. The molecular formula is C17H23N3O3S2. The Morgan fingerprint density at radius 2 is 1.80 bits per heavy atom. The molecule has 136 valence electrons. The number of nitrogens with zero attached hydrogens (tertiary/aromatic N) is 1. The fourth-order valence-corrected chi connectivity index (χ4v) is 4.28. The summed E-state index contributed by atoms with van der Waals surface area (Å²) < 4.78 is 26.8. The van der Waals surface area contributed by atoms with Crippen molar-refractivity contribution in [2.24, 2.45) is 0 Å². The second-order valence-electron chi connectivity index (χ2n) is 5.83. The van der Waals surface area contributed by atoms with Gasteiger partial charge in [0.25, 0.3) is 0 Å². The lowest BCUT2D eigenvalue weighted by molar-refractivity contribution is -0.120. The minimum absolute atomic E-state index is 0.0758. The molecule has 0 saturated heterocycles. The van der Waals surface area contributed by atoms with Gasteiger partial charge in [0.05, 0.1) is 22.0 Å². The van der Waals surface area contributed by atoms with Crippen LogP contribution in [0.1, 0.15) is 27.6 Å². The van der Waals surface area contributed by atoms with Gasteiger partial charge in [-0.25, -0.2) is 18.1 Å². The highest BCUT2D eigenvalue weighted by Gasteiger charge is 2.13. The van der Waals surface area contributed by atoms with Crippen molar-refractivity contribution in [1.29, 1.82) is 0 Å². The molecule has 0 spiro atoms. The number of thiazole rings is 1. The maximum atomic E-state index is 12.1. The highest BCUT2D eigenvalue weighted by Crippen LogP contribution is 2.17. The Labute approximate surface area is 152 Å². The van der Waals surface area contributed by atoms with Crippen LogP contribution in [-0.4, -0.2) is 32.4 Å². The number of aromatic nitrogens is 1. The van der Waals surface area contributed by atoms with Gasteiger partial charge in [-0.15, -0.1) is 11.3 Å². The number of amides is 1. The summed E-state index contributed by atoms with van der Waals surface area (Å²) in [7, 11) is -3.50. The molecule has 0 bridgehead atoms. The number of carbonyl (C=O) groups excluding carboxylic acids is 1. The Bertz CT molecular complexity index is 827. The van der Waals surface area contributed by atoms with Crippen molar-refractivity contribution in [1.82, 2.24) is 15.0 Å². The first-order valence-corrected chi connectivity index (χ1v) is 10.3. The fourth-order valence-electron chi connectivity index (χ4n) is 2.27. The van der Waals surface area contributed by atoms with Crippen LogP contribution in [0.5, 0.6) is 0 Å². The SMILES string of the molecule is Cc1ccc(S(=O)(=O)NCCCNC(=O)Cc2sc(C)nc2C)cc1. The molecule has 0 atom stereocenters. The number of benzene rings is 1. The van der Waals surface area contributed by atoms with E-state index in [4.69, 9.17) is 0 Å². The lowest BCUT2D eigenvalue weighted by atomic mass is 10.2. The van der Waals surface area contributed by atoms with E-state index in [1.165, 1.54) is 11.3 Å². The van der Waals surface area contributed by atoms with Crippen LogP contribution in [0.2, 0.25) is 0 Å². The van der Waals surface area contributed by atoms with Gasteiger partial charge in [-0.05, 0) is 39.3 Å². The number of rotatable bonds is 8. The van der Waals surface area contributed by atoms with Crippen molar-refractivity contribution in [3.05, 3.63) is 45.4 Å². The van der Waals surface area contributed by atoms with Crippen LogP contribution in [0.25, 0.3) is 0 Å². The molecule has 25 heavy (non-hydrogen) atoms. The highest BCUT2D eigenvalue weighted by atomic mass is 32.2. The quantitative estimate of drug-likeness (QED) is 0.686. The van der Waals surface area contributed by atoms with Gasteiger partial charge >= 0.3 is 0 Å². The van der Waals surface area contributed by atoms with Gasteiger partial charge < -0.3 is 5.32 Å². The third-order valence-corrected chi connectivity index (χ3v) is 6.17. The monoisotopic (exact) mass is 381 g/mol. The topological polar surface area (TPSA) is 88.2 Å². The molecule has 0 unspecified atom stereocenters. The van der Waals surface area contributed by atoms with E-state index in [-0.39, 0.29) is 17.3 Å². The Kier molecular flexibility index (Phi) is 6.69. The Balaban J connectivity index is 1.71. The van der Waals surface area contributed by atoms with Crippen LogP contribution in [-0.2, 0) is 21.2 Å². The number of hydrogen-bond donors (Lipinski definition) is 2. The van der Waals surface area contributed by atoms with Crippen LogP contribution in [0.3, 0.4) is 0 Å². The molecule has 0 aliphatic heterocycles. The predicted octanol–water partition coefficient (Wildman–Crippen LogP) is 2.10. The van der Waals surface area contributed by atoms with Crippen molar-refractivity contribution in [2.45, 2.75) is 38.5 Å². The van der Waals surface area contributed by atoms with Gasteiger partial charge in [-0.3, -0.25) is 4.79 Å². The van der Waals surface area contributed by atoms with Gasteiger partial charge in [-0.1, -0.05) is 17.7 Å².